The highest BCUT2D eigenvalue weighted by molar-refractivity contribution is 9.10. The van der Waals surface area contributed by atoms with Crippen LogP contribution in [0.4, 0.5) is 0 Å². The molecule has 23 heavy (non-hydrogen) atoms. The third-order valence-electron chi connectivity index (χ3n) is 4.03. The first-order valence-corrected chi connectivity index (χ1v) is 8.60. The number of rotatable bonds is 4. The lowest BCUT2D eigenvalue weighted by molar-refractivity contribution is 0.0621. The molecule has 1 saturated heterocycles. The maximum absolute atomic E-state index is 12.6. The second kappa shape index (κ2) is 7.23. The molecule has 0 unspecified atom stereocenters. The van der Waals surface area contributed by atoms with Gasteiger partial charge < -0.3 is 4.90 Å². The van der Waals surface area contributed by atoms with Gasteiger partial charge in [0.25, 0.3) is 5.91 Å². The number of piperazine rings is 1. The molecule has 0 radical (unpaired) electrons. The number of pyridine rings is 1. The minimum absolute atomic E-state index is 0.00472. The van der Waals surface area contributed by atoms with Crippen molar-refractivity contribution in [2.24, 2.45) is 0 Å². The molecule has 2 aromatic heterocycles. The van der Waals surface area contributed by atoms with Gasteiger partial charge in [0.1, 0.15) is 0 Å². The second-order valence-electron chi connectivity index (χ2n) is 5.61. The van der Waals surface area contributed by atoms with E-state index >= 15 is 0 Å². The Hall–Kier alpha value is -1.73. The van der Waals surface area contributed by atoms with Gasteiger partial charge in [-0.25, -0.2) is 0 Å². The van der Waals surface area contributed by atoms with E-state index in [0.29, 0.717) is 5.69 Å². The first-order chi connectivity index (χ1) is 11.2. The number of aryl methyl sites for hydroxylation is 1. The molecule has 1 aliphatic heterocycles. The Morgan fingerprint density at radius 1 is 1.30 bits per heavy atom. The third-order valence-corrected chi connectivity index (χ3v) is 4.61. The van der Waals surface area contributed by atoms with Crippen LogP contribution in [0.5, 0.6) is 0 Å². The summed E-state index contributed by atoms with van der Waals surface area (Å²) in [4.78, 5) is 21.0. The molecule has 0 aliphatic carbocycles. The quantitative estimate of drug-likeness (QED) is 0.817. The molecule has 1 amide bonds. The van der Waals surface area contributed by atoms with Crippen LogP contribution in [0, 0.1) is 0 Å². The number of aromatic nitrogens is 3. The van der Waals surface area contributed by atoms with Crippen LogP contribution in [0.15, 0.2) is 35.2 Å². The lowest BCUT2D eigenvalue weighted by atomic mass is 10.2. The van der Waals surface area contributed by atoms with Crippen LogP contribution >= 0.6 is 15.9 Å². The summed E-state index contributed by atoms with van der Waals surface area (Å²) >= 11 is 3.43. The number of nitrogens with zero attached hydrogens (tertiary/aromatic N) is 5. The largest absolute Gasteiger partial charge is 0.335 e. The SMILES string of the molecule is CCn1cc(Br)c(C(=O)N2CCN(Cc3cccnc3)CC2)n1. The molecular weight excluding hydrogens is 358 g/mol. The van der Waals surface area contributed by atoms with Gasteiger partial charge in [-0.05, 0) is 34.5 Å². The molecule has 0 saturated carbocycles. The van der Waals surface area contributed by atoms with Crippen molar-refractivity contribution < 1.29 is 4.79 Å². The van der Waals surface area contributed by atoms with Crippen molar-refractivity contribution >= 4 is 21.8 Å². The monoisotopic (exact) mass is 377 g/mol. The zero-order valence-electron chi connectivity index (χ0n) is 13.2. The molecule has 3 rings (SSSR count). The third kappa shape index (κ3) is 3.79. The number of amides is 1. The molecule has 2 aromatic rings. The standard InChI is InChI=1S/C16H20BrN5O/c1-2-22-12-14(17)15(19-22)16(23)21-8-6-20(7-9-21)11-13-4-3-5-18-10-13/h3-5,10,12H,2,6-9,11H2,1H3. The lowest BCUT2D eigenvalue weighted by Gasteiger charge is -2.34. The number of halogens is 1. The Kier molecular flexibility index (Phi) is 5.07. The highest BCUT2D eigenvalue weighted by atomic mass is 79.9. The van der Waals surface area contributed by atoms with Crippen LogP contribution in [-0.4, -0.2) is 56.7 Å². The number of carbonyl (C=O) groups is 1. The van der Waals surface area contributed by atoms with Crippen molar-refractivity contribution in [3.63, 3.8) is 0 Å². The molecule has 3 heterocycles. The molecule has 0 aromatic carbocycles. The minimum atomic E-state index is 0.00472. The summed E-state index contributed by atoms with van der Waals surface area (Å²) in [6, 6.07) is 4.04. The van der Waals surface area contributed by atoms with Gasteiger partial charge in [0, 0.05) is 57.9 Å². The van der Waals surface area contributed by atoms with Crippen molar-refractivity contribution in [3.05, 3.63) is 46.5 Å². The van der Waals surface area contributed by atoms with Gasteiger partial charge in [-0.2, -0.15) is 5.10 Å². The second-order valence-corrected chi connectivity index (χ2v) is 6.47. The summed E-state index contributed by atoms with van der Waals surface area (Å²) in [6.07, 6.45) is 5.53. The van der Waals surface area contributed by atoms with E-state index in [2.05, 4.69) is 37.0 Å². The van der Waals surface area contributed by atoms with Gasteiger partial charge in [0.15, 0.2) is 5.69 Å². The zero-order valence-corrected chi connectivity index (χ0v) is 14.7. The predicted octanol–water partition coefficient (Wildman–Crippen LogP) is 2.02. The first-order valence-electron chi connectivity index (χ1n) is 7.81. The van der Waals surface area contributed by atoms with Crippen molar-refractivity contribution in [2.75, 3.05) is 26.2 Å². The van der Waals surface area contributed by atoms with E-state index in [4.69, 9.17) is 0 Å². The van der Waals surface area contributed by atoms with Crippen molar-refractivity contribution in [3.8, 4) is 0 Å². The fourth-order valence-corrected chi connectivity index (χ4v) is 3.20. The highest BCUT2D eigenvalue weighted by Gasteiger charge is 2.25. The van der Waals surface area contributed by atoms with Crippen LogP contribution in [0.2, 0.25) is 0 Å². The van der Waals surface area contributed by atoms with Crippen LogP contribution in [0.1, 0.15) is 23.0 Å². The van der Waals surface area contributed by atoms with Crippen LogP contribution in [0.3, 0.4) is 0 Å². The molecule has 1 aliphatic rings. The van der Waals surface area contributed by atoms with Gasteiger partial charge >= 0.3 is 0 Å². The fourth-order valence-electron chi connectivity index (χ4n) is 2.71. The Balaban J connectivity index is 1.58. The van der Waals surface area contributed by atoms with E-state index in [1.165, 1.54) is 5.56 Å². The average molecular weight is 378 g/mol. The van der Waals surface area contributed by atoms with Crippen LogP contribution in [0.25, 0.3) is 0 Å². The highest BCUT2D eigenvalue weighted by Crippen LogP contribution is 2.18. The molecule has 0 atom stereocenters. The summed E-state index contributed by atoms with van der Waals surface area (Å²) in [7, 11) is 0. The number of hydrogen-bond donors (Lipinski definition) is 0. The topological polar surface area (TPSA) is 54.3 Å². The summed E-state index contributed by atoms with van der Waals surface area (Å²) in [5, 5.41) is 4.35. The van der Waals surface area contributed by atoms with E-state index in [9.17, 15) is 4.79 Å². The summed E-state index contributed by atoms with van der Waals surface area (Å²) in [5.74, 6) is 0.00472. The molecule has 0 N–H and O–H groups in total. The Morgan fingerprint density at radius 3 is 2.70 bits per heavy atom. The van der Waals surface area contributed by atoms with Crippen molar-refractivity contribution in [2.45, 2.75) is 20.0 Å². The molecule has 6 nitrogen and oxygen atoms in total. The van der Waals surface area contributed by atoms with Crippen molar-refractivity contribution in [1.82, 2.24) is 24.6 Å². The number of carbonyl (C=O) groups excluding carboxylic acids is 1. The van der Waals surface area contributed by atoms with Crippen molar-refractivity contribution in [1.29, 1.82) is 0 Å². The molecule has 122 valence electrons. The molecule has 0 spiro atoms. The van der Waals surface area contributed by atoms with E-state index in [1.807, 2.05) is 30.3 Å². The van der Waals surface area contributed by atoms with Gasteiger partial charge in [0.2, 0.25) is 0 Å². The van der Waals surface area contributed by atoms with E-state index in [-0.39, 0.29) is 5.91 Å². The summed E-state index contributed by atoms with van der Waals surface area (Å²) in [6.45, 7) is 6.83. The smallest absolute Gasteiger partial charge is 0.275 e. The van der Waals surface area contributed by atoms with E-state index < -0.39 is 0 Å². The Bertz CT molecular complexity index is 664. The van der Waals surface area contributed by atoms with Gasteiger partial charge in [-0.1, -0.05) is 6.07 Å². The molecule has 1 fully saturated rings. The zero-order chi connectivity index (χ0) is 16.2. The van der Waals surface area contributed by atoms with E-state index in [1.54, 1.807) is 10.9 Å². The van der Waals surface area contributed by atoms with E-state index in [0.717, 1.165) is 43.7 Å². The lowest BCUT2D eigenvalue weighted by Crippen LogP contribution is -2.48. The average Bonchev–Trinajstić information content (AvgIpc) is 2.97. The maximum Gasteiger partial charge on any atom is 0.275 e. The van der Waals surface area contributed by atoms with Gasteiger partial charge in [0.05, 0.1) is 4.47 Å². The fraction of sp³-hybridized carbons (Fsp3) is 0.438. The maximum atomic E-state index is 12.6. The number of hydrogen-bond acceptors (Lipinski definition) is 4. The molecule has 7 heteroatoms. The van der Waals surface area contributed by atoms with Crippen LogP contribution < -0.4 is 0 Å². The summed E-state index contributed by atoms with van der Waals surface area (Å²) in [5.41, 5.74) is 1.71. The molecule has 0 bridgehead atoms. The van der Waals surface area contributed by atoms with Crippen LogP contribution in [-0.2, 0) is 13.1 Å². The first kappa shape index (κ1) is 16.1. The Morgan fingerprint density at radius 2 is 2.09 bits per heavy atom. The normalized spacial score (nSPS) is 15.8. The summed E-state index contributed by atoms with van der Waals surface area (Å²) < 4.78 is 2.54. The molecular formula is C16H20BrN5O. The Labute approximate surface area is 144 Å². The van der Waals surface area contributed by atoms with Gasteiger partial charge in [-0.3, -0.25) is 19.4 Å². The predicted molar refractivity (Wildman–Crippen MR) is 91.0 cm³/mol. The van der Waals surface area contributed by atoms with Gasteiger partial charge in [-0.15, -0.1) is 0 Å². The minimum Gasteiger partial charge on any atom is -0.335 e.